The molecule has 2 aliphatic carbocycles. The summed E-state index contributed by atoms with van der Waals surface area (Å²) in [7, 11) is 3.30. The minimum Gasteiger partial charge on any atom is -0.497 e. The fourth-order valence-electron chi connectivity index (χ4n) is 10.4. The molecule has 5 amide bonds. The largest absolute Gasteiger partial charge is 0.497 e. The number of aromatic nitrogens is 3. The lowest BCUT2D eigenvalue weighted by molar-refractivity contribution is -0.142. The Labute approximate surface area is 442 Å². The van der Waals surface area contributed by atoms with E-state index in [9.17, 15) is 24.0 Å². The van der Waals surface area contributed by atoms with Crippen LogP contribution in [-0.2, 0) is 33.4 Å². The molecule has 2 aliphatic heterocycles. The number of benzene rings is 2. The summed E-state index contributed by atoms with van der Waals surface area (Å²) in [5, 5.41) is 22.4. The Balaban J connectivity index is 0.810. The quantitative estimate of drug-likeness (QED) is 0.0827. The molecule has 0 bridgehead atoms. The number of ether oxygens (including phenoxy) is 3. The Morgan fingerprint density at radius 1 is 0.865 bits per heavy atom. The number of methoxy groups -OCH3 is 1. The maximum Gasteiger partial charge on any atom is 0.252 e. The van der Waals surface area contributed by atoms with Gasteiger partial charge in [0.15, 0.2) is 5.82 Å². The number of hydrogen-bond acceptors (Lipinski definition) is 13. The van der Waals surface area contributed by atoms with Crippen LogP contribution >= 0.6 is 22.9 Å². The van der Waals surface area contributed by atoms with Crippen LogP contribution in [0.4, 0.5) is 0 Å². The van der Waals surface area contributed by atoms with Crippen molar-refractivity contribution in [2.75, 3.05) is 79.9 Å². The first-order valence-corrected chi connectivity index (χ1v) is 26.9. The van der Waals surface area contributed by atoms with Crippen molar-refractivity contribution >= 4 is 63.8 Å². The monoisotopic (exact) mass is 1050 g/mol. The summed E-state index contributed by atoms with van der Waals surface area (Å²) in [5.41, 5.74) is 5.98. The van der Waals surface area contributed by atoms with Crippen molar-refractivity contribution in [2.24, 2.45) is 10.9 Å². The molecular formula is C54H69ClN10O8S. The molecule has 4 heterocycles. The maximum absolute atomic E-state index is 14.5. The van der Waals surface area contributed by atoms with Gasteiger partial charge in [0, 0.05) is 71.8 Å². The van der Waals surface area contributed by atoms with Gasteiger partial charge in [-0.05, 0) is 94.5 Å². The number of carbonyl (C=O) groups is 5. The molecular weight excluding hydrogens is 984 g/mol. The van der Waals surface area contributed by atoms with E-state index in [4.69, 9.17) is 30.8 Å². The van der Waals surface area contributed by atoms with Gasteiger partial charge in [-0.3, -0.25) is 33.5 Å². The van der Waals surface area contributed by atoms with Gasteiger partial charge in [0.2, 0.25) is 17.7 Å². The number of nitrogens with zero attached hydrogens (tertiary/aromatic N) is 6. The lowest BCUT2D eigenvalue weighted by Crippen LogP contribution is -2.59. The van der Waals surface area contributed by atoms with E-state index in [0.717, 1.165) is 69.9 Å². The van der Waals surface area contributed by atoms with Crippen LogP contribution in [-0.4, -0.2) is 152 Å². The average molecular weight is 1050 g/mol. The van der Waals surface area contributed by atoms with E-state index in [1.807, 2.05) is 54.8 Å². The highest BCUT2D eigenvalue weighted by Gasteiger charge is 2.41. The third-order valence-electron chi connectivity index (χ3n) is 14.8. The summed E-state index contributed by atoms with van der Waals surface area (Å²) in [5.74, 6) is 0.449. The maximum atomic E-state index is 14.5. The highest BCUT2D eigenvalue weighted by Crippen LogP contribution is 2.45. The van der Waals surface area contributed by atoms with Crippen molar-refractivity contribution in [1.82, 2.24) is 45.8 Å². The SMILES string of the molecule is CN[C@@H](C)C(=O)NC(C(=O)N1CCN(C(=O)C2=C(C(=O)NCCOCCOCCNC(=O)C[C@@H]3N=C(c4ccc(Cl)cc4)c4c(sc(C)c4C)-n4c(C)nnc43)c3ccc(OC)cc3C2C)CC1)C1CCCCC1. The number of piperazine rings is 1. The zero-order valence-electron chi connectivity index (χ0n) is 43.5. The van der Waals surface area contributed by atoms with Gasteiger partial charge in [0.1, 0.15) is 28.7 Å². The van der Waals surface area contributed by atoms with Crippen molar-refractivity contribution in [3.63, 3.8) is 0 Å². The Morgan fingerprint density at radius 3 is 2.22 bits per heavy atom. The molecule has 0 radical (unpaired) electrons. The second kappa shape index (κ2) is 24.6. The van der Waals surface area contributed by atoms with Crippen molar-refractivity contribution in [3.05, 3.63) is 97.4 Å². The van der Waals surface area contributed by atoms with Gasteiger partial charge in [-0.25, -0.2) is 0 Å². The number of fused-ring (bicyclic) bond motifs is 4. The molecule has 2 aromatic carbocycles. The third kappa shape index (κ3) is 11.9. The van der Waals surface area contributed by atoms with Crippen molar-refractivity contribution in [1.29, 1.82) is 0 Å². The van der Waals surface area contributed by atoms with Gasteiger partial charge < -0.3 is 45.3 Å². The topological polar surface area (TPSA) is 211 Å². The van der Waals surface area contributed by atoms with Crippen molar-refractivity contribution in [3.8, 4) is 10.8 Å². The third-order valence-corrected chi connectivity index (χ3v) is 16.2. The second-order valence-electron chi connectivity index (χ2n) is 19.4. The number of carbonyl (C=O) groups excluding carboxylic acids is 5. The van der Waals surface area contributed by atoms with E-state index in [1.165, 1.54) is 0 Å². The Morgan fingerprint density at radius 2 is 1.54 bits per heavy atom. The summed E-state index contributed by atoms with van der Waals surface area (Å²) in [6, 6.07) is 11.4. The molecule has 4 atom stereocenters. The van der Waals surface area contributed by atoms with Crippen LogP contribution in [0.15, 0.2) is 53.0 Å². The first-order chi connectivity index (χ1) is 35.7. The second-order valence-corrected chi connectivity index (χ2v) is 21.1. The highest BCUT2D eigenvalue weighted by molar-refractivity contribution is 7.15. The molecule has 2 aromatic heterocycles. The summed E-state index contributed by atoms with van der Waals surface area (Å²) >= 11 is 7.91. The van der Waals surface area contributed by atoms with Crippen LogP contribution in [0, 0.1) is 26.7 Å². The molecule has 74 heavy (non-hydrogen) atoms. The molecule has 2 fully saturated rings. The molecule has 18 nitrogen and oxygen atoms in total. The summed E-state index contributed by atoms with van der Waals surface area (Å²) in [6.45, 7) is 12.4. The molecule has 0 spiro atoms. The lowest BCUT2D eigenvalue weighted by Gasteiger charge is -2.39. The molecule has 4 aliphatic rings. The molecule has 20 heteroatoms. The summed E-state index contributed by atoms with van der Waals surface area (Å²) in [4.78, 5) is 78.8. The predicted octanol–water partition coefficient (Wildman–Crippen LogP) is 5.38. The average Bonchev–Trinajstić information content (AvgIpc) is 4.02. The Kier molecular flexibility index (Phi) is 18.0. The summed E-state index contributed by atoms with van der Waals surface area (Å²) in [6.07, 6.45) is 4.99. The smallest absolute Gasteiger partial charge is 0.252 e. The van der Waals surface area contributed by atoms with E-state index in [0.29, 0.717) is 65.3 Å². The van der Waals surface area contributed by atoms with Crippen LogP contribution in [0.1, 0.15) is 109 Å². The minimum atomic E-state index is -0.620. The number of thiophene rings is 1. The van der Waals surface area contributed by atoms with Crippen molar-refractivity contribution < 1.29 is 38.2 Å². The number of halogens is 1. The number of amides is 5. The van der Waals surface area contributed by atoms with Gasteiger partial charge in [-0.1, -0.05) is 56.0 Å². The van der Waals surface area contributed by atoms with E-state index < -0.39 is 18.1 Å². The minimum absolute atomic E-state index is 0.0579. The van der Waals surface area contributed by atoms with Crippen molar-refractivity contribution in [2.45, 2.75) is 97.2 Å². The number of hydrogen-bond donors (Lipinski definition) is 4. The van der Waals surface area contributed by atoms with Gasteiger partial charge in [0.05, 0.1) is 57.3 Å². The normalized spacial score (nSPS) is 18.4. The molecule has 396 valence electrons. The lowest BCUT2D eigenvalue weighted by atomic mass is 9.83. The van der Waals surface area contributed by atoms with E-state index in [2.05, 4.69) is 45.3 Å². The number of likely N-dealkylation sites (N-methyl/N-ethyl adjacent to an activating group) is 1. The molecule has 4 N–H and O–H groups in total. The van der Waals surface area contributed by atoms with Gasteiger partial charge in [-0.2, -0.15) is 0 Å². The highest BCUT2D eigenvalue weighted by atomic mass is 35.5. The van der Waals surface area contributed by atoms with Gasteiger partial charge >= 0.3 is 0 Å². The van der Waals surface area contributed by atoms with E-state index in [-0.39, 0.29) is 87.3 Å². The van der Waals surface area contributed by atoms with Crippen LogP contribution in [0.3, 0.4) is 0 Å². The first-order valence-electron chi connectivity index (χ1n) is 25.8. The van der Waals surface area contributed by atoms with Crippen LogP contribution in [0.25, 0.3) is 10.6 Å². The van der Waals surface area contributed by atoms with Crippen LogP contribution < -0.4 is 26.0 Å². The molecule has 4 aromatic rings. The fraction of sp³-hybridized carbons (Fsp3) is 0.519. The standard InChI is InChI=1S/C54H69ClN10O8S/c1-31-34(4)74-54-45(31)47(37-13-15-38(55)16-14-37)59-42(49-62-61-35(5)65(49)54)30-43(66)57-19-25-72-27-28-73-26-20-58-51(68)46-40-18-17-39(71-7)29-41(40)32(2)44(46)52(69)63-21-23-64(24-22-63)53(70)48(36-11-9-8-10-12-36)60-50(67)33(3)56-6/h13-18,29,32-33,36,42,48,56H,8-12,19-28,30H2,1-7H3,(H,57,66)(H,58,68)(H,60,67)/t32?,33-,42-,48?/m0/s1. The fourth-order valence-corrected chi connectivity index (χ4v) is 11.7. The number of aryl methyl sites for hydroxylation is 2. The van der Waals surface area contributed by atoms with E-state index >= 15 is 0 Å². The van der Waals surface area contributed by atoms with Crippen LogP contribution in [0.2, 0.25) is 5.02 Å². The number of aliphatic imine (C=N–C) groups is 1. The number of rotatable bonds is 20. The Hall–Kier alpha value is -5.99. The van der Waals surface area contributed by atoms with Crippen LogP contribution in [0.5, 0.6) is 5.75 Å². The zero-order chi connectivity index (χ0) is 52.6. The Bertz CT molecular complexity index is 2780. The number of nitrogens with one attached hydrogen (secondary N) is 4. The van der Waals surface area contributed by atoms with Gasteiger partial charge in [-0.15, -0.1) is 21.5 Å². The zero-order valence-corrected chi connectivity index (χ0v) is 45.0. The summed E-state index contributed by atoms with van der Waals surface area (Å²) < 4.78 is 19.1. The molecule has 1 saturated heterocycles. The van der Waals surface area contributed by atoms with E-state index in [1.54, 1.807) is 48.3 Å². The molecule has 8 rings (SSSR count). The predicted molar refractivity (Wildman–Crippen MR) is 284 cm³/mol. The molecule has 2 unspecified atom stereocenters. The molecule has 1 saturated carbocycles. The van der Waals surface area contributed by atoms with Gasteiger partial charge in [0.25, 0.3) is 11.8 Å². The first kappa shape index (κ1) is 54.3.